The van der Waals surface area contributed by atoms with Gasteiger partial charge in [-0.1, -0.05) is 31.2 Å². The van der Waals surface area contributed by atoms with E-state index < -0.39 is 0 Å². The number of methoxy groups -OCH3 is 1. The minimum absolute atomic E-state index is 0.711. The molecule has 1 aliphatic rings. The van der Waals surface area contributed by atoms with Crippen LogP contribution in [0.3, 0.4) is 0 Å². The number of para-hydroxylation sites is 2. The lowest BCUT2D eigenvalue weighted by molar-refractivity contribution is 0.132. The maximum Gasteiger partial charge on any atom is 0.119 e. The van der Waals surface area contributed by atoms with Gasteiger partial charge in [-0.05, 0) is 75.0 Å². The van der Waals surface area contributed by atoms with Crippen molar-refractivity contribution in [3.8, 4) is 5.75 Å². The van der Waals surface area contributed by atoms with Crippen molar-refractivity contribution in [2.75, 3.05) is 39.8 Å². The number of fused-ring (bicyclic) bond motifs is 1. The highest BCUT2D eigenvalue weighted by Gasteiger charge is 2.22. The summed E-state index contributed by atoms with van der Waals surface area (Å²) in [4.78, 5) is 14.9. The van der Waals surface area contributed by atoms with E-state index in [2.05, 4.69) is 47.9 Å². The molecule has 0 spiro atoms. The van der Waals surface area contributed by atoms with E-state index in [1.165, 1.54) is 31.5 Å². The molecule has 0 bridgehead atoms. The molecule has 2 aromatic carbocycles. The zero-order valence-electron chi connectivity index (χ0n) is 19.8. The Morgan fingerprint density at radius 3 is 2.69 bits per heavy atom. The molecule has 0 radical (unpaired) electrons. The van der Waals surface area contributed by atoms with Crippen LogP contribution in [0.2, 0.25) is 0 Å². The molecule has 1 aromatic heterocycles. The first-order valence-corrected chi connectivity index (χ1v) is 11.9. The van der Waals surface area contributed by atoms with Gasteiger partial charge in [0, 0.05) is 26.2 Å². The number of piperidine rings is 1. The van der Waals surface area contributed by atoms with Crippen molar-refractivity contribution >= 4 is 11.0 Å². The van der Waals surface area contributed by atoms with Crippen LogP contribution < -0.4 is 4.74 Å². The van der Waals surface area contributed by atoms with E-state index in [4.69, 9.17) is 14.7 Å². The van der Waals surface area contributed by atoms with Crippen molar-refractivity contribution in [3.63, 3.8) is 0 Å². The van der Waals surface area contributed by atoms with Gasteiger partial charge in [-0.25, -0.2) is 9.97 Å². The Morgan fingerprint density at radius 1 is 1.09 bits per heavy atom. The summed E-state index contributed by atoms with van der Waals surface area (Å²) in [5.74, 6) is 1.66. The second-order valence-electron chi connectivity index (χ2n) is 8.98. The van der Waals surface area contributed by atoms with E-state index in [9.17, 15) is 0 Å². The van der Waals surface area contributed by atoms with E-state index in [0.717, 1.165) is 60.8 Å². The summed E-state index contributed by atoms with van der Waals surface area (Å²) in [6.07, 6.45) is 3.68. The Bertz CT molecular complexity index is 1020. The summed E-state index contributed by atoms with van der Waals surface area (Å²) in [5, 5.41) is 0. The van der Waals surface area contributed by atoms with Crippen molar-refractivity contribution in [1.82, 2.24) is 19.8 Å². The fraction of sp³-hybridized carbons (Fsp3) is 0.481. The minimum Gasteiger partial charge on any atom is -0.497 e. The first kappa shape index (κ1) is 22.7. The molecule has 4 rings (SSSR count). The molecule has 170 valence electrons. The van der Waals surface area contributed by atoms with Crippen molar-refractivity contribution in [3.05, 3.63) is 65.5 Å². The Balaban J connectivity index is 1.33. The van der Waals surface area contributed by atoms with Crippen LogP contribution in [-0.2, 0) is 13.0 Å². The van der Waals surface area contributed by atoms with Gasteiger partial charge in [-0.2, -0.15) is 0 Å². The van der Waals surface area contributed by atoms with Gasteiger partial charge in [0.15, 0.2) is 0 Å². The normalized spacial score (nSPS) is 17.2. The average Bonchev–Trinajstić information content (AvgIpc) is 2.83. The maximum atomic E-state index is 5.37. The lowest BCUT2D eigenvalue weighted by Crippen LogP contribution is -2.41. The molecule has 0 saturated carbocycles. The van der Waals surface area contributed by atoms with Gasteiger partial charge in [0.2, 0.25) is 0 Å². The van der Waals surface area contributed by atoms with Crippen molar-refractivity contribution < 1.29 is 4.74 Å². The summed E-state index contributed by atoms with van der Waals surface area (Å²) < 4.78 is 5.37. The predicted molar refractivity (Wildman–Crippen MR) is 131 cm³/mol. The van der Waals surface area contributed by atoms with E-state index in [0.29, 0.717) is 5.92 Å². The smallest absolute Gasteiger partial charge is 0.119 e. The zero-order valence-corrected chi connectivity index (χ0v) is 19.8. The molecule has 0 amide bonds. The van der Waals surface area contributed by atoms with Gasteiger partial charge in [0.05, 0.1) is 29.5 Å². The van der Waals surface area contributed by atoms with Gasteiger partial charge in [0.25, 0.3) is 0 Å². The number of likely N-dealkylation sites (tertiary alicyclic amines) is 1. The minimum atomic E-state index is 0.711. The molecule has 0 N–H and O–H groups in total. The van der Waals surface area contributed by atoms with E-state index in [-0.39, 0.29) is 0 Å². The summed E-state index contributed by atoms with van der Waals surface area (Å²) in [6.45, 7) is 10.9. The third-order valence-corrected chi connectivity index (χ3v) is 6.63. The molecule has 2 heterocycles. The molecule has 1 fully saturated rings. The van der Waals surface area contributed by atoms with Crippen LogP contribution in [0, 0.1) is 12.8 Å². The molecular formula is C27H36N4O. The van der Waals surface area contributed by atoms with Crippen LogP contribution in [0.15, 0.2) is 48.5 Å². The number of rotatable bonds is 9. The SMILES string of the molecule is CCN(Cc1nc2ccccc2nc1C)CC1CCCN(CCc2cccc(OC)c2)C1. The van der Waals surface area contributed by atoms with Crippen molar-refractivity contribution in [2.24, 2.45) is 5.92 Å². The van der Waals surface area contributed by atoms with Crippen LogP contribution in [0.1, 0.15) is 36.7 Å². The number of hydrogen-bond acceptors (Lipinski definition) is 5. The lowest BCUT2D eigenvalue weighted by atomic mass is 9.96. The summed E-state index contributed by atoms with van der Waals surface area (Å²) in [5.41, 5.74) is 5.48. The number of nitrogens with zero attached hydrogens (tertiary/aromatic N) is 4. The van der Waals surface area contributed by atoms with Crippen LogP contribution in [0.25, 0.3) is 11.0 Å². The fourth-order valence-corrected chi connectivity index (χ4v) is 4.78. The van der Waals surface area contributed by atoms with Gasteiger partial charge < -0.3 is 9.64 Å². The molecule has 0 aliphatic carbocycles. The van der Waals surface area contributed by atoms with Gasteiger partial charge in [0.1, 0.15) is 5.75 Å². The predicted octanol–water partition coefficient (Wildman–Crippen LogP) is 4.72. The second-order valence-corrected chi connectivity index (χ2v) is 8.98. The number of benzene rings is 2. The maximum absolute atomic E-state index is 5.37. The Hall–Kier alpha value is -2.50. The molecule has 3 aromatic rings. The standard InChI is InChI=1S/C27H36N4O/c1-4-30(20-27-21(2)28-25-12-5-6-13-26(25)29-27)18-23-10-8-15-31(19-23)16-14-22-9-7-11-24(17-22)32-3/h5-7,9,11-13,17,23H,4,8,10,14-16,18-20H2,1-3H3. The van der Waals surface area contributed by atoms with E-state index in [1.807, 2.05) is 24.3 Å². The monoisotopic (exact) mass is 432 g/mol. The van der Waals surface area contributed by atoms with Crippen LogP contribution in [-0.4, -0.2) is 59.6 Å². The second kappa shape index (κ2) is 10.9. The molecule has 5 heteroatoms. The number of aromatic nitrogens is 2. The third kappa shape index (κ3) is 5.84. The van der Waals surface area contributed by atoms with Crippen molar-refractivity contribution in [1.29, 1.82) is 0 Å². The van der Waals surface area contributed by atoms with E-state index in [1.54, 1.807) is 7.11 Å². The highest BCUT2D eigenvalue weighted by atomic mass is 16.5. The van der Waals surface area contributed by atoms with Gasteiger partial charge in [-0.15, -0.1) is 0 Å². The number of ether oxygens (including phenoxy) is 1. The lowest BCUT2D eigenvalue weighted by Gasteiger charge is -2.35. The molecule has 1 unspecified atom stereocenters. The zero-order chi connectivity index (χ0) is 22.3. The molecule has 5 nitrogen and oxygen atoms in total. The van der Waals surface area contributed by atoms with E-state index >= 15 is 0 Å². The van der Waals surface area contributed by atoms with Crippen LogP contribution in [0.5, 0.6) is 5.75 Å². The van der Waals surface area contributed by atoms with Crippen molar-refractivity contribution in [2.45, 2.75) is 39.7 Å². The average molecular weight is 433 g/mol. The molecule has 1 atom stereocenters. The molecule has 32 heavy (non-hydrogen) atoms. The molecule has 1 saturated heterocycles. The number of aryl methyl sites for hydroxylation is 1. The summed E-state index contributed by atoms with van der Waals surface area (Å²) in [6, 6.07) is 16.6. The highest BCUT2D eigenvalue weighted by molar-refractivity contribution is 5.74. The third-order valence-electron chi connectivity index (χ3n) is 6.63. The number of hydrogen-bond donors (Lipinski definition) is 0. The first-order valence-electron chi connectivity index (χ1n) is 11.9. The molecular weight excluding hydrogens is 396 g/mol. The van der Waals surface area contributed by atoms with Crippen LogP contribution in [0.4, 0.5) is 0 Å². The first-order chi connectivity index (χ1) is 15.6. The highest BCUT2D eigenvalue weighted by Crippen LogP contribution is 2.21. The summed E-state index contributed by atoms with van der Waals surface area (Å²) in [7, 11) is 1.73. The molecule has 1 aliphatic heterocycles. The largest absolute Gasteiger partial charge is 0.497 e. The Morgan fingerprint density at radius 2 is 1.91 bits per heavy atom. The van der Waals surface area contributed by atoms with Gasteiger partial charge >= 0.3 is 0 Å². The quantitative estimate of drug-likeness (QED) is 0.489. The Labute approximate surface area is 192 Å². The van der Waals surface area contributed by atoms with Crippen LogP contribution >= 0.6 is 0 Å². The summed E-state index contributed by atoms with van der Waals surface area (Å²) >= 11 is 0. The Kier molecular flexibility index (Phi) is 7.72. The van der Waals surface area contributed by atoms with Gasteiger partial charge in [-0.3, -0.25) is 4.90 Å². The topological polar surface area (TPSA) is 41.5 Å². The fourth-order valence-electron chi connectivity index (χ4n) is 4.78.